The predicted octanol–water partition coefficient (Wildman–Crippen LogP) is 12.0. The number of rotatable bonds is 4. The van der Waals surface area contributed by atoms with Crippen LogP contribution in [0.15, 0.2) is 146 Å². The maximum absolute atomic E-state index is 5.30. The molecule has 4 saturated carbocycles. The van der Waals surface area contributed by atoms with Crippen LogP contribution < -0.4 is 0 Å². The number of fused-ring (bicyclic) bond motifs is 4. The van der Waals surface area contributed by atoms with Crippen molar-refractivity contribution in [3.8, 4) is 56.2 Å². The smallest absolute Gasteiger partial charge is 0.160 e. The summed E-state index contributed by atoms with van der Waals surface area (Å²) in [5, 5.41) is 2.70. The van der Waals surface area contributed by atoms with Crippen molar-refractivity contribution in [3.63, 3.8) is 0 Å². The predicted molar refractivity (Wildman–Crippen MR) is 205 cm³/mol. The lowest BCUT2D eigenvalue weighted by molar-refractivity contribution is -0.0398. The van der Waals surface area contributed by atoms with E-state index in [2.05, 4.69) is 140 Å². The molecule has 4 bridgehead atoms. The van der Waals surface area contributed by atoms with Crippen LogP contribution in [-0.4, -0.2) is 9.97 Å². The fraction of sp³-hybridized carbons (Fsp3) is 0.208. The van der Waals surface area contributed by atoms with Gasteiger partial charge in [0.25, 0.3) is 0 Å². The molecule has 240 valence electrons. The van der Waals surface area contributed by atoms with Crippen LogP contribution in [0.4, 0.5) is 0 Å². The Morgan fingerprint density at radius 2 is 1.00 bits per heavy atom. The molecule has 2 nitrogen and oxygen atoms in total. The first-order chi connectivity index (χ1) is 24.7. The van der Waals surface area contributed by atoms with Gasteiger partial charge in [-0.1, -0.05) is 127 Å². The Kier molecular flexibility index (Phi) is 6.17. The molecule has 0 saturated heterocycles. The SMILES string of the molecule is c1ccc(-c2cc(-c3ccccc3-c3cccc4c3-c3cc5ccccc5cc3C43C4CC5CC(C4)CC3C5)nc(-c3ccccc3)n2)cc1. The van der Waals surface area contributed by atoms with Crippen molar-refractivity contribution < 1.29 is 0 Å². The van der Waals surface area contributed by atoms with E-state index in [0.717, 1.165) is 45.7 Å². The number of hydrogen-bond donors (Lipinski definition) is 0. The summed E-state index contributed by atoms with van der Waals surface area (Å²) in [6, 6.07) is 53.4. The minimum Gasteiger partial charge on any atom is -0.228 e. The van der Waals surface area contributed by atoms with Gasteiger partial charge in [-0.05, 0) is 118 Å². The Hall–Kier alpha value is -5.34. The topological polar surface area (TPSA) is 25.8 Å². The average Bonchev–Trinajstić information content (AvgIpc) is 3.46. The van der Waals surface area contributed by atoms with Gasteiger partial charge in [0.1, 0.15) is 0 Å². The molecule has 0 unspecified atom stereocenters. The highest BCUT2D eigenvalue weighted by molar-refractivity contribution is 6.01. The van der Waals surface area contributed by atoms with E-state index in [1.807, 2.05) is 6.07 Å². The van der Waals surface area contributed by atoms with Gasteiger partial charge >= 0.3 is 0 Å². The van der Waals surface area contributed by atoms with E-state index in [4.69, 9.17) is 9.97 Å². The van der Waals surface area contributed by atoms with Crippen molar-refractivity contribution >= 4 is 10.8 Å². The van der Waals surface area contributed by atoms with Crippen molar-refractivity contribution in [2.45, 2.75) is 37.5 Å². The Labute approximate surface area is 293 Å². The van der Waals surface area contributed by atoms with Crippen LogP contribution in [-0.2, 0) is 5.41 Å². The van der Waals surface area contributed by atoms with Crippen LogP contribution >= 0.6 is 0 Å². The molecule has 1 aromatic heterocycles. The Bertz CT molecular complexity index is 2360. The zero-order valence-electron chi connectivity index (χ0n) is 28.1. The quantitative estimate of drug-likeness (QED) is 0.191. The first-order valence-corrected chi connectivity index (χ1v) is 18.5. The summed E-state index contributed by atoms with van der Waals surface area (Å²) in [5.74, 6) is 4.01. The van der Waals surface area contributed by atoms with Gasteiger partial charge in [-0.25, -0.2) is 9.97 Å². The van der Waals surface area contributed by atoms with Crippen molar-refractivity contribution in [1.29, 1.82) is 0 Å². The molecule has 0 atom stereocenters. The normalized spacial score (nSPS) is 24.1. The van der Waals surface area contributed by atoms with Gasteiger partial charge in [0, 0.05) is 22.1 Å². The van der Waals surface area contributed by atoms with Crippen LogP contribution in [0, 0.1) is 23.7 Å². The molecule has 0 amide bonds. The van der Waals surface area contributed by atoms with Crippen LogP contribution in [0.3, 0.4) is 0 Å². The van der Waals surface area contributed by atoms with Gasteiger partial charge in [-0.3, -0.25) is 0 Å². The number of hydrogen-bond acceptors (Lipinski definition) is 2. The number of nitrogens with zero attached hydrogens (tertiary/aromatic N) is 2. The second-order valence-electron chi connectivity index (χ2n) is 15.4. The summed E-state index contributed by atoms with van der Waals surface area (Å²) in [7, 11) is 0. The Morgan fingerprint density at radius 3 is 1.72 bits per heavy atom. The molecule has 12 rings (SSSR count). The largest absolute Gasteiger partial charge is 0.228 e. The molecule has 0 N–H and O–H groups in total. The van der Waals surface area contributed by atoms with Gasteiger partial charge in [-0.2, -0.15) is 0 Å². The molecule has 1 heterocycles. The summed E-state index contributed by atoms with van der Waals surface area (Å²) in [4.78, 5) is 10.4. The molecule has 5 aliphatic carbocycles. The molecule has 50 heavy (non-hydrogen) atoms. The van der Waals surface area contributed by atoms with Gasteiger partial charge in [0.15, 0.2) is 5.82 Å². The summed E-state index contributed by atoms with van der Waals surface area (Å²) in [6.07, 6.45) is 6.98. The lowest BCUT2D eigenvalue weighted by Gasteiger charge is -2.61. The zero-order valence-corrected chi connectivity index (χ0v) is 28.1. The first kappa shape index (κ1) is 28.5. The third kappa shape index (κ3) is 4.08. The van der Waals surface area contributed by atoms with Gasteiger partial charge in [-0.15, -0.1) is 0 Å². The highest BCUT2D eigenvalue weighted by atomic mass is 14.9. The lowest BCUT2D eigenvalue weighted by Crippen LogP contribution is -2.55. The average molecular weight is 643 g/mol. The molecular weight excluding hydrogens is 605 g/mol. The fourth-order valence-electron chi connectivity index (χ4n) is 11.2. The molecular formula is C48H38N2. The second kappa shape index (κ2) is 10.8. The van der Waals surface area contributed by atoms with E-state index in [0.29, 0.717) is 11.8 Å². The summed E-state index contributed by atoms with van der Waals surface area (Å²) >= 11 is 0. The van der Waals surface area contributed by atoms with E-state index >= 15 is 0 Å². The van der Waals surface area contributed by atoms with Gasteiger partial charge < -0.3 is 0 Å². The third-order valence-electron chi connectivity index (χ3n) is 12.9. The minimum absolute atomic E-state index is 0.100. The van der Waals surface area contributed by atoms with Crippen molar-refractivity contribution in [3.05, 3.63) is 157 Å². The fourth-order valence-corrected chi connectivity index (χ4v) is 11.2. The molecule has 4 fully saturated rings. The summed E-state index contributed by atoms with van der Waals surface area (Å²) in [5.41, 5.74) is 13.9. The highest BCUT2D eigenvalue weighted by Crippen LogP contribution is 2.70. The number of aromatic nitrogens is 2. The van der Waals surface area contributed by atoms with Crippen LogP contribution in [0.2, 0.25) is 0 Å². The third-order valence-corrected chi connectivity index (χ3v) is 12.9. The highest BCUT2D eigenvalue weighted by Gasteiger charge is 2.61. The first-order valence-electron chi connectivity index (χ1n) is 18.5. The van der Waals surface area contributed by atoms with Crippen LogP contribution in [0.25, 0.3) is 66.9 Å². The van der Waals surface area contributed by atoms with E-state index in [1.165, 1.54) is 65.1 Å². The van der Waals surface area contributed by atoms with Crippen molar-refractivity contribution in [2.75, 3.05) is 0 Å². The van der Waals surface area contributed by atoms with Crippen molar-refractivity contribution in [2.24, 2.45) is 23.7 Å². The maximum atomic E-state index is 5.30. The summed E-state index contributed by atoms with van der Waals surface area (Å²) in [6.45, 7) is 0. The van der Waals surface area contributed by atoms with E-state index in [1.54, 1.807) is 11.1 Å². The number of benzene rings is 6. The molecule has 2 heteroatoms. The molecule has 6 aromatic carbocycles. The molecule has 1 spiro atoms. The molecule has 7 aromatic rings. The van der Waals surface area contributed by atoms with Gasteiger partial charge in [0.05, 0.1) is 11.4 Å². The summed E-state index contributed by atoms with van der Waals surface area (Å²) < 4.78 is 0. The van der Waals surface area contributed by atoms with E-state index in [-0.39, 0.29) is 5.41 Å². The van der Waals surface area contributed by atoms with Crippen LogP contribution in [0.5, 0.6) is 0 Å². The minimum atomic E-state index is 0.100. The molecule has 5 aliphatic rings. The maximum Gasteiger partial charge on any atom is 0.160 e. The second-order valence-corrected chi connectivity index (χ2v) is 15.4. The molecule has 0 radical (unpaired) electrons. The van der Waals surface area contributed by atoms with Gasteiger partial charge in [0.2, 0.25) is 0 Å². The lowest BCUT2D eigenvalue weighted by atomic mass is 9.43. The zero-order chi connectivity index (χ0) is 32.8. The van der Waals surface area contributed by atoms with Crippen LogP contribution in [0.1, 0.15) is 43.2 Å². The monoisotopic (exact) mass is 642 g/mol. The van der Waals surface area contributed by atoms with Crippen molar-refractivity contribution in [1.82, 2.24) is 9.97 Å². The Balaban J connectivity index is 1.16. The van der Waals surface area contributed by atoms with E-state index in [9.17, 15) is 0 Å². The molecule has 0 aliphatic heterocycles. The van der Waals surface area contributed by atoms with E-state index < -0.39 is 0 Å². The standard InChI is InChI=1S/C48H38N2/c1-3-12-32(13-4-1)44-29-45(50-47(49-44)33-14-5-2-6-15-33)39-19-10-9-18-38(39)40-20-11-21-42-46(40)41-27-34-16-7-8-17-35(34)28-43(41)48(42)36-23-30-22-31(25-36)26-37(48)24-30/h1-21,27-31,36-37H,22-26H2. The Morgan fingerprint density at radius 1 is 0.420 bits per heavy atom.